The van der Waals surface area contributed by atoms with Gasteiger partial charge in [0.05, 0.1) is 23.1 Å². The summed E-state index contributed by atoms with van der Waals surface area (Å²) in [6.45, 7) is 3.99. The number of hydrogen-bond acceptors (Lipinski definition) is 4. The van der Waals surface area contributed by atoms with Crippen LogP contribution in [0.2, 0.25) is 5.02 Å². The lowest BCUT2D eigenvalue weighted by atomic mass is 10.1. The van der Waals surface area contributed by atoms with Crippen molar-refractivity contribution < 1.29 is 14.3 Å². The molecule has 25 heavy (non-hydrogen) atoms. The second-order valence-corrected chi connectivity index (χ2v) is 6.73. The van der Waals surface area contributed by atoms with E-state index in [-0.39, 0.29) is 17.4 Å². The van der Waals surface area contributed by atoms with Crippen LogP contribution in [0.3, 0.4) is 0 Å². The number of carbonyl (C=O) groups excluding carboxylic acids is 2. The fraction of sp³-hybridized carbons (Fsp3) is 0.263. The lowest BCUT2D eigenvalue weighted by molar-refractivity contribution is -0.113. The lowest BCUT2D eigenvalue weighted by Crippen LogP contribution is -2.14. The summed E-state index contributed by atoms with van der Waals surface area (Å²) in [5.74, 6) is 1.48. The zero-order valence-electron chi connectivity index (χ0n) is 14.2. The Bertz CT molecular complexity index is 764. The normalized spacial score (nSPS) is 10.4. The van der Waals surface area contributed by atoms with E-state index < -0.39 is 0 Å². The van der Waals surface area contributed by atoms with Crippen LogP contribution in [0, 0.1) is 0 Å². The summed E-state index contributed by atoms with van der Waals surface area (Å²) in [6, 6.07) is 12.5. The van der Waals surface area contributed by atoms with Crippen LogP contribution in [0.25, 0.3) is 0 Å². The van der Waals surface area contributed by atoms with Crippen molar-refractivity contribution in [2.24, 2.45) is 0 Å². The molecule has 4 nitrogen and oxygen atoms in total. The highest BCUT2D eigenvalue weighted by molar-refractivity contribution is 7.99. The number of thioether (sulfide) groups is 1. The number of rotatable bonds is 8. The number of amides is 1. The average Bonchev–Trinajstić information content (AvgIpc) is 2.58. The molecular weight excluding hydrogens is 358 g/mol. The Balaban J connectivity index is 1.96. The molecule has 0 spiro atoms. The monoisotopic (exact) mass is 377 g/mol. The zero-order valence-corrected chi connectivity index (χ0v) is 15.7. The van der Waals surface area contributed by atoms with E-state index in [4.69, 9.17) is 16.3 Å². The maximum absolute atomic E-state index is 12.1. The van der Waals surface area contributed by atoms with E-state index in [1.807, 2.05) is 25.1 Å². The number of hydrogen-bond donors (Lipinski definition) is 1. The number of anilines is 1. The summed E-state index contributed by atoms with van der Waals surface area (Å²) in [4.78, 5) is 23.6. The highest BCUT2D eigenvalue weighted by Crippen LogP contribution is 2.26. The van der Waals surface area contributed by atoms with Crippen LogP contribution in [0.15, 0.2) is 42.5 Å². The molecule has 2 rings (SSSR count). The number of Topliss-reactive ketones (excluding diaryl/α,β-unsaturated/α-hetero) is 1. The molecule has 0 aliphatic rings. The van der Waals surface area contributed by atoms with Crippen molar-refractivity contribution in [1.29, 1.82) is 0 Å². The van der Waals surface area contributed by atoms with E-state index >= 15 is 0 Å². The van der Waals surface area contributed by atoms with Crippen molar-refractivity contribution in [1.82, 2.24) is 0 Å². The van der Waals surface area contributed by atoms with Crippen molar-refractivity contribution >= 4 is 40.7 Å². The Labute approximate surface area is 156 Å². The standard InChI is InChI=1S/C19H20ClNO3S/c1-3-24-18-9-8-14(13(2)22)10-15(18)11-25-12-19(23)21-17-7-5-4-6-16(17)20/h4-10H,3,11-12H2,1-2H3,(H,21,23). The summed E-state index contributed by atoms with van der Waals surface area (Å²) >= 11 is 7.48. The Morgan fingerprint density at radius 3 is 2.64 bits per heavy atom. The van der Waals surface area contributed by atoms with Crippen LogP contribution >= 0.6 is 23.4 Å². The van der Waals surface area contributed by atoms with Gasteiger partial charge in [-0.1, -0.05) is 23.7 Å². The lowest BCUT2D eigenvalue weighted by Gasteiger charge is -2.11. The Kier molecular flexibility index (Phi) is 7.34. The van der Waals surface area contributed by atoms with Crippen LogP contribution < -0.4 is 10.1 Å². The molecule has 0 radical (unpaired) electrons. The molecule has 0 unspecified atom stereocenters. The van der Waals surface area contributed by atoms with Crippen LogP contribution in [-0.4, -0.2) is 24.1 Å². The molecule has 1 amide bonds. The molecule has 0 saturated heterocycles. The maximum Gasteiger partial charge on any atom is 0.234 e. The molecule has 0 atom stereocenters. The number of benzene rings is 2. The quantitative estimate of drug-likeness (QED) is 0.670. The fourth-order valence-corrected chi connectivity index (χ4v) is 3.20. The van der Waals surface area contributed by atoms with Gasteiger partial charge in [0, 0.05) is 16.9 Å². The highest BCUT2D eigenvalue weighted by atomic mass is 35.5. The first-order chi connectivity index (χ1) is 12.0. The summed E-state index contributed by atoms with van der Waals surface area (Å²) < 4.78 is 5.60. The van der Waals surface area contributed by atoms with E-state index in [0.29, 0.717) is 28.6 Å². The first-order valence-electron chi connectivity index (χ1n) is 7.90. The molecule has 2 aromatic carbocycles. The number of halogens is 1. The number of carbonyl (C=O) groups is 2. The third-order valence-electron chi connectivity index (χ3n) is 3.41. The smallest absolute Gasteiger partial charge is 0.234 e. The SMILES string of the molecule is CCOc1ccc(C(C)=O)cc1CSCC(=O)Nc1ccccc1Cl. The molecule has 0 saturated carbocycles. The second-order valence-electron chi connectivity index (χ2n) is 5.33. The van der Waals surface area contributed by atoms with Gasteiger partial charge >= 0.3 is 0 Å². The molecule has 0 bridgehead atoms. The Morgan fingerprint density at radius 2 is 1.96 bits per heavy atom. The Hall–Kier alpha value is -1.98. The van der Waals surface area contributed by atoms with E-state index in [0.717, 1.165) is 11.3 Å². The molecule has 0 aliphatic heterocycles. The minimum atomic E-state index is -0.126. The van der Waals surface area contributed by atoms with Crippen LogP contribution in [0.5, 0.6) is 5.75 Å². The van der Waals surface area contributed by atoms with Gasteiger partial charge in [-0.2, -0.15) is 0 Å². The third kappa shape index (κ3) is 5.80. The molecule has 0 aromatic heterocycles. The van der Waals surface area contributed by atoms with Gasteiger partial charge in [-0.25, -0.2) is 0 Å². The molecule has 6 heteroatoms. The van der Waals surface area contributed by atoms with Gasteiger partial charge in [-0.05, 0) is 44.2 Å². The fourth-order valence-electron chi connectivity index (χ4n) is 2.21. The van der Waals surface area contributed by atoms with Gasteiger partial charge in [0.1, 0.15) is 5.75 Å². The van der Waals surface area contributed by atoms with Crippen LogP contribution in [0.1, 0.15) is 29.8 Å². The molecular formula is C19H20ClNO3S. The van der Waals surface area contributed by atoms with E-state index in [2.05, 4.69) is 5.32 Å². The van der Waals surface area contributed by atoms with Crippen molar-refractivity contribution in [2.45, 2.75) is 19.6 Å². The molecule has 132 valence electrons. The molecule has 0 aliphatic carbocycles. The maximum atomic E-state index is 12.1. The van der Waals surface area contributed by atoms with Gasteiger partial charge < -0.3 is 10.1 Å². The predicted molar refractivity (Wildman–Crippen MR) is 104 cm³/mol. The molecule has 2 aromatic rings. The van der Waals surface area contributed by atoms with E-state index in [1.54, 1.807) is 24.3 Å². The van der Waals surface area contributed by atoms with E-state index in [1.165, 1.54) is 18.7 Å². The topological polar surface area (TPSA) is 55.4 Å². The number of para-hydroxylation sites is 1. The molecule has 0 fully saturated rings. The highest BCUT2D eigenvalue weighted by Gasteiger charge is 2.10. The number of ether oxygens (including phenoxy) is 1. The summed E-state index contributed by atoms with van der Waals surface area (Å²) in [7, 11) is 0. The van der Waals surface area contributed by atoms with Gasteiger partial charge in [-0.15, -0.1) is 11.8 Å². The average molecular weight is 378 g/mol. The third-order valence-corrected chi connectivity index (χ3v) is 4.72. The van der Waals surface area contributed by atoms with Crippen LogP contribution in [0.4, 0.5) is 5.69 Å². The zero-order chi connectivity index (χ0) is 18.2. The predicted octanol–water partition coefficient (Wildman–Crippen LogP) is 4.81. The van der Waals surface area contributed by atoms with Crippen molar-refractivity contribution in [2.75, 3.05) is 17.7 Å². The van der Waals surface area contributed by atoms with Gasteiger partial charge in [-0.3, -0.25) is 9.59 Å². The number of nitrogens with one attached hydrogen (secondary N) is 1. The van der Waals surface area contributed by atoms with Crippen molar-refractivity contribution in [3.63, 3.8) is 0 Å². The number of ketones is 1. The van der Waals surface area contributed by atoms with Gasteiger partial charge in [0.2, 0.25) is 5.91 Å². The largest absolute Gasteiger partial charge is 0.494 e. The van der Waals surface area contributed by atoms with E-state index in [9.17, 15) is 9.59 Å². The molecule has 0 heterocycles. The summed E-state index contributed by atoms with van der Waals surface area (Å²) in [5, 5.41) is 3.30. The first-order valence-corrected chi connectivity index (χ1v) is 9.43. The van der Waals surface area contributed by atoms with Gasteiger partial charge in [0.15, 0.2) is 5.78 Å². The van der Waals surface area contributed by atoms with Crippen molar-refractivity contribution in [3.8, 4) is 5.75 Å². The van der Waals surface area contributed by atoms with Gasteiger partial charge in [0.25, 0.3) is 0 Å². The van der Waals surface area contributed by atoms with Crippen molar-refractivity contribution in [3.05, 3.63) is 58.6 Å². The summed E-state index contributed by atoms with van der Waals surface area (Å²) in [6.07, 6.45) is 0. The first kappa shape index (κ1) is 19.3. The second kappa shape index (κ2) is 9.49. The van der Waals surface area contributed by atoms with Crippen LogP contribution in [-0.2, 0) is 10.5 Å². The minimum absolute atomic E-state index is 0.00533. The minimum Gasteiger partial charge on any atom is -0.494 e. The molecule has 1 N–H and O–H groups in total. The Morgan fingerprint density at radius 1 is 1.20 bits per heavy atom. The summed E-state index contributed by atoms with van der Waals surface area (Å²) in [5.41, 5.74) is 2.15.